The highest BCUT2D eigenvalue weighted by Crippen LogP contribution is 2.10. The fraction of sp³-hybridized carbons (Fsp3) is 0.0714. The summed E-state index contributed by atoms with van der Waals surface area (Å²) in [7, 11) is 1.56. The molecule has 0 spiro atoms. The lowest BCUT2D eigenvalue weighted by Gasteiger charge is -1.91. The van der Waals surface area contributed by atoms with Gasteiger partial charge in [0.2, 0.25) is 0 Å². The van der Waals surface area contributed by atoms with Gasteiger partial charge in [-0.2, -0.15) is 10.5 Å². The van der Waals surface area contributed by atoms with Crippen LogP contribution in [-0.2, 0) is 7.05 Å². The fourth-order valence-electron chi connectivity index (χ4n) is 1.61. The zero-order chi connectivity index (χ0) is 14.7. The number of hydrogen-bond donors (Lipinski definition) is 0. The Morgan fingerprint density at radius 3 is 2.45 bits per heavy atom. The maximum Gasteiger partial charge on any atom is 0.268 e. The lowest BCUT2D eigenvalue weighted by molar-refractivity contribution is 0.855. The van der Waals surface area contributed by atoms with Crippen molar-refractivity contribution in [1.29, 1.82) is 10.5 Å². The minimum Gasteiger partial charge on any atom is -0.300 e. The van der Waals surface area contributed by atoms with E-state index in [0.29, 0.717) is 9.20 Å². The molecular formula is C14H8BrN3OS. The highest BCUT2D eigenvalue weighted by molar-refractivity contribution is 9.10. The summed E-state index contributed by atoms with van der Waals surface area (Å²) in [5, 5.41) is 17.8. The number of thiazole rings is 1. The lowest BCUT2D eigenvalue weighted by Crippen LogP contribution is -2.29. The summed E-state index contributed by atoms with van der Waals surface area (Å²) in [4.78, 5) is 12.1. The molecule has 0 N–H and O–H groups in total. The Labute approximate surface area is 127 Å². The Balaban J connectivity index is 2.74. The fourth-order valence-corrected chi connectivity index (χ4v) is 2.92. The van der Waals surface area contributed by atoms with Crippen LogP contribution in [0.25, 0.3) is 11.6 Å². The molecule has 0 bridgehead atoms. The SMILES string of the molecule is Cn1c(=C(C#N)C#N)s/c(=C/c2ccc(Br)cc2)c1=O. The summed E-state index contributed by atoms with van der Waals surface area (Å²) < 4.78 is 3.16. The van der Waals surface area contributed by atoms with E-state index in [4.69, 9.17) is 10.5 Å². The first-order valence-electron chi connectivity index (χ1n) is 5.54. The van der Waals surface area contributed by atoms with Gasteiger partial charge in [-0.05, 0) is 23.8 Å². The van der Waals surface area contributed by atoms with Crippen LogP contribution in [0, 0.1) is 22.7 Å². The first-order chi connectivity index (χ1) is 9.56. The van der Waals surface area contributed by atoms with E-state index in [0.717, 1.165) is 21.4 Å². The number of rotatable bonds is 1. The molecule has 0 atom stereocenters. The van der Waals surface area contributed by atoms with Crippen LogP contribution in [0.1, 0.15) is 5.56 Å². The van der Waals surface area contributed by atoms with Crippen LogP contribution in [0.5, 0.6) is 0 Å². The molecular weight excluding hydrogens is 338 g/mol. The van der Waals surface area contributed by atoms with Crippen molar-refractivity contribution in [2.24, 2.45) is 7.05 Å². The number of nitriles is 2. The van der Waals surface area contributed by atoms with Gasteiger partial charge in [0.05, 0.1) is 4.53 Å². The van der Waals surface area contributed by atoms with Gasteiger partial charge < -0.3 is 4.57 Å². The third-order valence-electron chi connectivity index (χ3n) is 2.63. The number of hydrogen-bond acceptors (Lipinski definition) is 4. The lowest BCUT2D eigenvalue weighted by atomic mass is 10.2. The molecule has 0 amide bonds. The number of halogens is 1. The molecule has 0 unspecified atom stereocenters. The quantitative estimate of drug-likeness (QED) is 0.780. The van der Waals surface area contributed by atoms with Gasteiger partial charge in [-0.25, -0.2) is 0 Å². The van der Waals surface area contributed by atoms with Crippen molar-refractivity contribution >= 4 is 38.9 Å². The predicted molar refractivity (Wildman–Crippen MR) is 81.2 cm³/mol. The van der Waals surface area contributed by atoms with Crippen molar-refractivity contribution in [2.45, 2.75) is 0 Å². The zero-order valence-corrected chi connectivity index (χ0v) is 12.8. The molecule has 1 heterocycles. The molecule has 1 aromatic carbocycles. The van der Waals surface area contributed by atoms with Gasteiger partial charge in [-0.3, -0.25) is 4.79 Å². The van der Waals surface area contributed by atoms with E-state index in [-0.39, 0.29) is 11.1 Å². The third-order valence-corrected chi connectivity index (χ3v) is 4.34. The van der Waals surface area contributed by atoms with Crippen LogP contribution in [0.3, 0.4) is 0 Å². The normalized spacial score (nSPS) is 10.9. The molecule has 6 heteroatoms. The number of nitrogens with zero attached hydrogens (tertiary/aromatic N) is 3. The molecule has 0 saturated carbocycles. The summed E-state index contributed by atoms with van der Waals surface area (Å²) >= 11 is 4.49. The molecule has 2 rings (SSSR count). The van der Waals surface area contributed by atoms with Crippen LogP contribution in [0.2, 0.25) is 0 Å². The Morgan fingerprint density at radius 1 is 1.30 bits per heavy atom. The summed E-state index contributed by atoms with van der Waals surface area (Å²) in [6.07, 6.45) is 1.75. The molecule has 98 valence electrons. The van der Waals surface area contributed by atoms with Gasteiger partial charge in [0.25, 0.3) is 5.56 Å². The van der Waals surface area contributed by atoms with Crippen LogP contribution >= 0.6 is 27.3 Å². The van der Waals surface area contributed by atoms with Gasteiger partial charge in [0.15, 0.2) is 5.57 Å². The first kappa shape index (κ1) is 14.3. The van der Waals surface area contributed by atoms with Crippen molar-refractivity contribution in [2.75, 3.05) is 0 Å². The molecule has 0 saturated heterocycles. The monoisotopic (exact) mass is 345 g/mol. The van der Waals surface area contributed by atoms with Gasteiger partial charge in [0.1, 0.15) is 16.8 Å². The van der Waals surface area contributed by atoms with Crippen molar-refractivity contribution in [3.63, 3.8) is 0 Å². The van der Waals surface area contributed by atoms with E-state index in [1.54, 1.807) is 25.3 Å². The van der Waals surface area contributed by atoms with Crippen molar-refractivity contribution in [3.8, 4) is 12.1 Å². The largest absolute Gasteiger partial charge is 0.300 e. The topological polar surface area (TPSA) is 69.6 Å². The Hall–Kier alpha value is -2.15. The second kappa shape index (κ2) is 5.87. The van der Waals surface area contributed by atoms with Gasteiger partial charge in [-0.1, -0.05) is 28.1 Å². The molecule has 4 nitrogen and oxygen atoms in total. The second-order valence-electron chi connectivity index (χ2n) is 3.93. The maximum atomic E-state index is 12.1. The minimum absolute atomic E-state index is 0.0509. The van der Waals surface area contributed by atoms with Crippen molar-refractivity contribution in [1.82, 2.24) is 4.57 Å². The molecule has 0 aliphatic heterocycles. The van der Waals surface area contributed by atoms with Crippen LogP contribution in [0.4, 0.5) is 0 Å². The van der Waals surface area contributed by atoms with Crippen molar-refractivity contribution in [3.05, 3.63) is 53.9 Å². The number of benzene rings is 1. The molecule has 0 radical (unpaired) electrons. The summed E-state index contributed by atoms with van der Waals surface area (Å²) in [6.45, 7) is 0. The molecule has 1 aromatic heterocycles. The smallest absolute Gasteiger partial charge is 0.268 e. The third kappa shape index (κ3) is 2.72. The molecule has 0 aliphatic rings. The predicted octanol–water partition coefficient (Wildman–Crippen LogP) is 1.24. The van der Waals surface area contributed by atoms with Crippen LogP contribution in [-0.4, -0.2) is 4.57 Å². The van der Waals surface area contributed by atoms with Crippen molar-refractivity contribution < 1.29 is 0 Å². The molecule has 0 fully saturated rings. The summed E-state index contributed by atoms with van der Waals surface area (Å²) in [6, 6.07) is 11.1. The standard InChI is InChI=1S/C14H8BrN3OS/c1-18-13(19)12(20-14(18)10(7-16)8-17)6-9-2-4-11(15)5-3-9/h2-6H,1H3/b12-6+. The average Bonchev–Trinajstić information content (AvgIpc) is 2.72. The Bertz CT molecular complexity index is 892. The summed E-state index contributed by atoms with van der Waals surface area (Å²) in [5.74, 6) is 0. The Kier molecular flexibility index (Phi) is 4.19. The number of aromatic nitrogens is 1. The molecule has 20 heavy (non-hydrogen) atoms. The van der Waals surface area contributed by atoms with Gasteiger partial charge in [0, 0.05) is 11.5 Å². The Morgan fingerprint density at radius 2 is 1.90 bits per heavy atom. The highest BCUT2D eigenvalue weighted by atomic mass is 79.9. The van der Waals surface area contributed by atoms with E-state index < -0.39 is 0 Å². The van der Waals surface area contributed by atoms with E-state index in [1.807, 2.05) is 24.3 Å². The first-order valence-corrected chi connectivity index (χ1v) is 7.15. The van der Waals surface area contributed by atoms with E-state index in [2.05, 4.69) is 15.9 Å². The maximum absolute atomic E-state index is 12.1. The van der Waals surface area contributed by atoms with E-state index in [9.17, 15) is 4.79 Å². The zero-order valence-electron chi connectivity index (χ0n) is 10.4. The minimum atomic E-state index is -0.212. The molecule has 2 aromatic rings. The van der Waals surface area contributed by atoms with E-state index in [1.165, 1.54) is 4.57 Å². The average molecular weight is 346 g/mol. The second-order valence-corrected chi connectivity index (χ2v) is 5.88. The molecule has 0 aliphatic carbocycles. The van der Waals surface area contributed by atoms with Crippen LogP contribution < -0.4 is 14.8 Å². The van der Waals surface area contributed by atoms with Crippen LogP contribution in [0.15, 0.2) is 33.5 Å². The summed E-state index contributed by atoms with van der Waals surface area (Å²) in [5.41, 5.74) is 0.621. The van der Waals surface area contributed by atoms with E-state index >= 15 is 0 Å². The highest BCUT2D eigenvalue weighted by Gasteiger charge is 2.05. The van der Waals surface area contributed by atoms with Gasteiger partial charge >= 0.3 is 0 Å². The van der Waals surface area contributed by atoms with Gasteiger partial charge in [-0.15, -0.1) is 11.3 Å².